The van der Waals surface area contributed by atoms with E-state index in [0.29, 0.717) is 6.54 Å². The van der Waals surface area contributed by atoms with E-state index in [4.69, 9.17) is 0 Å². The van der Waals surface area contributed by atoms with Gasteiger partial charge in [0, 0.05) is 13.1 Å². The van der Waals surface area contributed by atoms with Gasteiger partial charge in [0.25, 0.3) is 0 Å². The second-order valence-corrected chi connectivity index (χ2v) is 7.39. The van der Waals surface area contributed by atoms with Gasteiger partial charge in [0.1, 0.15) is 0 Å². The van der Waals surface area contributed by atoms with Crippen LogP contribution < -0.4 is 0 Å². The van der Waals surface area contributed by atoms with Gasteiger partial charge in [-0.15, -0.1) is 0 Å². The summed E-state index contributed by atoms with van der Waals surface area (Å²) in [6.45, 7) is 3.18. The maximum absolute atomic E-state index is 12.9. The molecule has 1 saturated heterocycles. The van der Waals surface area contributed by atoms with E-state index in [1.54, 1.807) is 0 Å². The Hall–Kier alpha value is -1.39. The Morgan fingerprint density at radius 1 is 1.29 bits per heavy atom. The fraction of sp³-hybridized carbons (Fsp3) is 0.650. The lowest BCUT2D eigenvalue weighted by molar-refractivity contribution is -0.135. The van der Waals surface area contributed by atoms with Crippen LogP contribution in [0.3, 0.4) is 0 Å². The fourth-order valence-corrected chi connectivity index (χ4v) is 4.35. The van der Waals surface area contributed by atoms with Crippen molar-refractivity contribution in [3.8, 4) is 0 Å². The van der Waals surface area contributed by atoms with Crippen molar-refractivity contribution in [1.82, 2.24) is 9.80 Å². The van der Waals surface area contributed by atoms with Crippen molar-refractivity contribution >= 4 is 5.91 Å². The van der Waals surface area contributed by atoms with E-state index in [2.05, 4.69) is 29.2 Å². The lowest BCUT2D eigenvalue weighted by Gasteiger charge is -2.39. The Balaban J connectivity index is 1.69. The number of hydrogen-bond donors (Lipinski definition) is 1. The van der Waals surface area contributed by atoms with E-state index in [0.717, 1.165) is 45.1 Å². The number of amides is 1. The number of fused-ring (bicyclic) bond motifs is 1. The number of piperidine rings is 1. The quantitative estimate of drug-likeness (QED) is 0.923. The highest BCUT2D eigenvalue weighted by Crippen LogP contribution is 2.33. The van der Waals surface area contributed by atoms with Gasteiger partial charge in [-0.3, -0.25) is 9.69 Å². The number of likely N-dealkylation sites (tertiary alicyclic amines) is 1. The molecule has 3 atom stereocenters. The summed E-state index contributed by atoms with van der Waals surface area (Å²) >= 11 is 0. The zero-order valence-corrected chi connectivity index (χ0v) is 14.9. The Morgan fingerprint density at radius 3 is 2.88 bits per heavy atom. The molecule has 1 amide bonds. The molecule has 0 spiro atoms. The molecule has 3 rings (SSSR count). The van der Waals surface area contributed by atoms with Gasteiger partial charge in [-0.25, -0.2) is 0 Å². The van der Waals surface area contributed by atoms with E-state index in [9.17, 15) is 9.90 Å². The maximum Gasteiger partial charge on any atom is 0.237 e. The van der Waals surface area contributed by atoms with Gasteiger partial charge >= 0.3 is 0 Å². The molecular weight excluding hydrogens is 300 g/mol. The third-order valence-electron chi connectivity index (χ3n) is 5.76. The Morgan fingerprint density at radius 2 is 2.08 bits per heavy atom. The van der Waals surface area contributed by atoms with Gasteiger partial charge in [0.05, 0.1) is 18.7 Å². The van der Waals surface area contributed by atoms with Gasteiger partial charge < -0.3 is 10.0 Å². The Bertz CT molecular complexity index is 573. The molecule has 4 heteroatoms. The molecule has 0 aromatic heterocycles. The van der Waals surface area contributed by atoms with Crippen LogP contribution in [0, 0.1) is 0 Å². The zero-order valence-electron chi connectivity index (χ0n) is 14.9. The number of carbonyl (C=O) groups excluding carboxylic acids is 1. The number of likely N-dealkylation sites (N-methyl/N-ethyl adjacent to an activating group) is 1. The number of aliphatic hydroxyl groups excluding tert-OH is 1. The van der Waals surface area contributed by atoms with Crippen molar-refractivity contribution in [2.75, 3.05) is 20.1 Å². The molecule has 2 aliphatic rings. The molecule has 1 aliphatic carbocycles. The minimum Gasteiger partial charge on any atom is -0.392 e. The van der Waals surface area contributed by atoms with Gasteiger partial charge in [-0.2, -0.15) is 0 Å². The lowest BCUT2D eigenvalue weighted by atomic mass is 9.87. The van der Waals surface area contributed by atoms with Gasteiger partial charge in [0.2, 0.25) is 5.91 Å². The maximum atomic E-state index is 12.9. The SMILES string of the molecule is CC(O)C1CCCCN1CC(=O)N(C)C1CCCc2ccccc21. The molecule has 0 saturated carbocycles. The van der Waals surface area contributed by atoms with Crippen LogP contribution in [0.15, 0.2) is 24.3 Å². The first-order valence-corrected chi connectivity index (χ1v) is 9.33. The van der Waals surface area contributed by atoms with Crippen LogP contribution in [-0.2, 0) is 11.2 Å². The summed E-state index contributed by atoms with van der Waals surface area (Å²) in [4.78, 5) is 17.0. The first-order valence-electron chi connectivity index (χ1n) is 9.33. The van der Waals surface area contributed by atoms with Crippen molar-refractivity contribution in [3.05, 3.63) is 35.4 Å². The molecular formula is C20H30N2O2. The summed E-state index contributed by atoms with van der Waals surface area (Å²) in [5.74, 6) is 0.171. The summed E-state index contributed by atoms with van der Waals surface area (Å²) in [6.07, 6.45) is 6.17. The molecule has 1 N–H and O–H groups in total. The predicted molar refractivity (Wildman–Crippen MR) is 95.8 cm³/mol. The highest BCUT2D eigenvalue weighted by atomic mass is 16.3. The third kappa shape index (κ3) is 3.65. The molecule has 1 aromatic carbocycles. The van der Waals surface area contributed by atoms with Crippen LogP contribution in [0.1, 0.15) is 56.2 Å². The van der Waals surface area contributed by atoms with E-state index < -0.39 is 0 Å². The molecule has 1 fully saturated rings. The molecule has 0 radical (unpaired) electrons. The van der Waals surface area contributed by atoms with Crippen LogP contribution in [0.4, 0.5) is 0 Å². The minimum atomic E-state index is -0.376. The molecule has 132 valence electrons. The van der Waals surface area contributed by atoms with E-state index in [1.807, 2.05) is 18.9 Å². The fourth-order valence-electron chi connectivity index (χ4n) is 4.35. The van der Waals surface area contributed by atoms with Crippen molar-refractivity contribution in [3.63, 3.8) is 0 Å². The number of aliphatic hydroxyl groups is 1. The van der Waals surface area contributed by atoms with Crippen LogP contribution in [0.5, 0.6) is 0 Å². The smallest absolute Gasteiger partial charge is 0.237 e. The van der Waals surface area contributed by atoms with Crippen LogP contribution in [-0.4, -0.2) is 53.1 Å². The average Bonchev–Trinajstić information content (AvgIpc) is 2.61. The Labute approximate surface area is 145 Å². The highest BCUT2D eigenvalue weighted by Gasteiger charge is 2.31. The first-order chi connectivity index (χ1) is 11.6. The number of rotatable bonds is 4. The second kappa shape index (κ2) is 7.66. The number of aryl methyl sites for hydroxylation is 1. The van der Waals surface area contributed by atoms with Crippen molar-refractivity contribution in [2.24, 2.45) is 0 Å². The number of nitrogens with zero attached hydrogens (tertiary/aromatic N) is 2. The normalized spacial score (nSPS) is 25.8. The van der Waals surface area contributed by atoms with E-state index in [1.165, 1.54) is 11.1 Å². The lowest BCUT2D eigenvalue weighted by Crippen LogP contribution is -2.50. The minimum absolute atomic E-state index is 0.120. The molecule has 0 bridgehead atoms. The first kappa shape index (κ1) is 17.4. The van der Waals surface area contributed by atoms with Crippen molar-refractivity contribution in [2.45, 2.75) is 63.6 Å². The van der Waals surface area contributed by atoms with E-state index in [-0.39, 0.29) is 24.1 Å². The van der Waals surface area contributed by atoms with Gasteiger partial charge in [-0.05, 0) is 56.7 Å². The summed E-state index contributed by atoms with van der Waals surface area (Å²) in [5, 5.41) is 10.0. The van der Waals surface area contributed by atoms with Gasteiger partial charge in [-0.1, -0.05) is 30.7 Å². The molecule has 3 unspecified atom stereocenters. The van der Waals surface area contributed by atoms with Crippen molar-refractivity contribution in [1.29, 1.82) is 0 Å². The largest absolute Gasteiger partial charge is 0.392 e. The predicted octanol–water partition coefficient (Wildman–Crippen LogP) is 2.76. The second-order valence-electron chi connectivity index (χ2n) is 7.39. The standard InChI is InChI=1S/C20H30N2O2/c1-15(23)18-11-5-6-13-22(18)14-20(24)21(2)19-12-7-9-16-8-3-4-10-17(16)19/h3-4,8,10,15,18-19,23H,5-7,9,11-14H2,1-2H3. The number of carbonyl (C=O) groups is 1. The van der Waals surface area contributed by atoms with Crippen LogP contribution in [0.2, 0.25) is 0 Å². The molecule has 1 heterocycles. The summed E-state index contributed by atoms with van der Waals surface area (Å²) in [5.41, 5.74) is 2.69. The number of hydrogen-bond acceptors (Lipinski definition) is 3. The topological polar surface area (TPSA) is 43.8 Å². The molecule has 24 heavy (non-hydrogen) atoms. The number of benzene rings is 1. The van der Waals surface area contributed by atoms with Crippen LogP contribution >= 0.6 is 0 Å². The Kier molecular flexibility index (Phi) is 5.57. The third-order valence-corrected chi connectivity index (χ3v) is 5.76. The summed E-state index contributed by atoms with van der Waals surface area (Å²) < 4.78 is 0. The molecule has 1 aliphatic heterocycles. The van der Waals surface area contributed by atoms with Gasteiger partial charge in [0.15, 0.2) is 0 Å². The zero-order chi connectivity index (χ0) is 17.1. The molecule has 1 aromatic rings. The summed E-state index contributed by atoms with van der Waals surface area (Å²) in [6, 6.07) is 8.83. The monoisotopic (exact) mass is 330 g/mol. The average molecular weight is 330 g/mol. The summed E-state index contributed by atoms with van der Waals surface area (Å²) in [7, 11) is 1.94. The molecule has 4 nitrogen and oxygen atoms in total. The van der Waals surface area contributed by atoms with E-state index >= 15 is 0 Å². The van der Waals surface area contributed by atoms with Crippen LogP contribution in [0.25, 0.3) is 0 Å². The highest BCUT2D eigenvalue weighted by molar-refractivity contribution is 5.78. The van der Waals surface area contributed by atoms with Crippen molar-refractivity contribution < 1.29 is 9.90 Å².